The van der Waals surface area contributed by atoms with Gasteiger partial charge in [-0.2, -0.15) is 0 Å². The molecule has 0 aliphatic carbocycles. The largest absolute Gasteiger partial charge is 0.458 e. The highest BCUT2D eigenvalue weighted by Crippen LogP contribution is 2.26. The third-order valence-electron chi connectivity index (χ3n) is 3.58. The minimum atomic E-state index is -0.527. The Hall–Kier alpha value is -2.82. The molecule has 0 saturated heterocycles. The van der Waals surface area contributed by atoms with Crippen molar-refractivity contribution in [1.82, 2.24) is 0 Å². The van der Waals surface area contributed by atoms with Crippen LogP contribution in [0.25, 0.3) is 0 Å². The maximum atomic E-state index is 9.22. The van der Waals surface area contributed by atoms with Gasteiger partial charge in [-0.25, -0.2) is 4.89 Å². The molecule has 0 spiro atoms. The second-order valence-corrected chi connectivity index (χ2v) is 5.18. The summed E-state index contributed by atoms with van der Waals surface area (Å²) in [6, 6.07) is 26.4. The summed E-state index contributed by atoms with van der Waals surface area (Å²) < 4.78 is 11.0. The number of rotatable bonds is 7. The fourth-order valence-electron chi connectivity index (χ4n) is 2.36. The Bertz CT molecular complexity index is 727. The molecule has 4 heteroatoms. The van der Waals surface area contributed by atoms with Crippen LogP contribution in [0.15, 0.2) is 84.9 Å². The molecule has 0 fully saturated rings. The van der Waals surface area contributed by atoms with E-state index < -0.39 is 6.10 Å². The van der Waals surface area contributed by atoms with Gasteiger partial charge in [0.25, 0.3) is 0 Å². The highest BCUT2D eigenvalue weighted by molar-refractivity contribution is 5.34. The first-order chi connectivity index (χ1) is 11.9. The van der Waals surface area contributed by atoms with Crippen LogP contribution in [0.3, 0.4) is 0 Å². The molecular formula is C20H18O4. The van der Waals surface area contributed by atoms with Crippen molar-refractivity contribution in [3.63, 3.8) is 0 Å². The van der Waals surface area contributed by atoms with Gasteiger partial charge < -0.3 is 9.47 Å². The minimum Gasteiger partial charge on any atom is -0.458 e. The summed E-state index contributed by atoms with van der Waals surface area (Å²) in [6.07, 6.45) is -0.527. The van der Waals surface area contributed by atoms with Crippen molar-refractivity contribution in [2.75, 3.05) is 6.79 Å². The molecule has 122 valence electrons. The number of benzene rings is 3. The zero-order valence-corrected chi connectivity index (χ0v) is 13.0. The summed E-state index contributed by atoms with van der Waals surface area (Å²) in [7, 11) is 0. The van der Waals surface area contributed by atoms with E-state index in [1.54, 1.807) is 0 Å². The van der Waals surface area contributed by atoms with Gasteiger partial charge in [0.1, 0.15) is 17.6 Å². The Labute approximate surface area is 140 Å². The predicted molar refractivity (Wildman–Crippen MR) is 91.0 cm³/mol. The standard InChI is InChI=1S/C20H18O4/c21-24-20(16-7-3-1-4-8-16)17-11-13-19(14-12-17)23-15-22-18-9-5-2-6-10-18/h1-14,20-21H,15H2. The monoisotopic (exact) mass is 322 g/mol. The average molecular weight is 322 g/mol. The van der Waals surface area contributed by atoms with E-state index in [4.69, 9.17) is 9.47 Å². The van der Waals surface area contributed by atoms with Crippen molar-refractivity contribution in [3.8, 4) is 11.5 Å². The third-order valence-corrected chi connectivity index (χ3v) is 3.58. The second-order valence-electron chi connectivity index (χ2n) is 5.18. The highest BCUT2D eigenvalue weighted by atomic mass is 17.1. The van der Waals surface area contributed by atoms with E-state index in [0.29, 0.717) is 5.75 Å². The van der Waals surface area contributed by atoms with Crippen molar-refractivity contribution in [1.29, 1.82) is 0 Å². The molecule has 0 bridgehead atoms. The van der Waals surface area contributed by atoms with Gasteiger partial charge in [-0.3, -0.25) is 5.26 Å². The molecule has 0 amide bonds. The van der Waals surface area contributed by atoms with Gasteiger partial charge in [-0.15, -0.1) is 0 Å². The molecular weight excluding hydrogens is 304 g/mol. The Balaban J connectivity index is 1.60. The van der Waals surface area contributed by atoms with Crippen LogP contribution in [0.4, 0.5) is 0 Å². The summed E-state index contributed by atoms with van der Waals surface area (Å²) in [5.74, 6) is 1.44. The molecule has 3 rings (SSSR count). The number of para-hydroxylation sites is 1. The normalized spacial score (nSPS) is 11.7. The van der Waals surface area contributed by atoms with E-state index >= 15 is 0 Å². The Morgan fingerprint density at radius 1 is 0.625 bits per heavy atom. The SMILES string of the molecule is OOC(c1ccccc1)c1ccc(OCOc2ccccc2)cc1. The first-order valence-corrected chi connectivity index (χ1v) is 7.62. The van der Waals surface area contributed by atoms with Gasteiger partial charge in [-0.05, 0) is 35.4 Å². The molecule has 3 aromatic carbocycles. The molecule has 1 atom stereocenters. The van der Waals surface area contributed by atoms with E-state index in [9.17, 15) is 5.26 Å². The molecule has 0 radical (unpaired) electrons. The third kappa shape index (κ3) is 4.13. The first kappa shape index (κ1) is 16.1. The van der Waals surface area contributed by atoms with Crippen molar-refractivity contribution >= 4 is 0 Å². The lowest BCUT2D eigenvalue weighted by Crippen LogP contribution is -2.06. The van der Waals surface area contributed by atoms with Crippen molar-refractivity contribution in [3.05, 3.63) is 96.1 Å². The predicted octanol–water partition coefficient (Wildman–Crippen LogP) is 4.68. The molecule has 4 nitrogen and oxygen atoms in total. The smallest absolute Gasteiger partial charge is 0.230 e. The van der Waals surface area contributed by atoms with Crippen LogP contribution in [-0.2, 0) is 4.89 Å². The number of ether oxygens (including phenoxy) is 2. The summed E-state index contributed by atoms with van der Waals surface area (Å²) >= 11 is 0. The lowest BCUT2D eigenvalue weighted by Gasteiger charge is -2.15. The minimum absolute atomic E-state index is 0.127. The van der Waals surface area contributed by atoms with Crippen LogP contribution in [0, 0.1) is 0 Å². The molecule has 3 aromatic rings. The molecule has 0 heterocycles. The zero-order chi connectivity index (χ0) is 16.6. The van der Waals surface area contributed by atoms with E-state index in [-0.39, 0.29) is 6.79 Å². The fraction of sp³-hybridized carbons (Fsp3) is 0.100. The summed E-state index contributed by atoms with van der Waals surface area (Å²) in [5.41, 5.74) is 1.71. The summed E-state index contributed by atoms with van der Waals surface area (Å²) in [4.78, 5) is 4.64. The van der Waals surface area contributed by atoms with Gasteiger partial charge in [0.05, 0.1) is 0 Å². The Kier molecular flexibility index (Phi) is 5.45. The van der Waals surface area contributed by atoms with Gasteiger partial charge in [-0.1, -0.05) is 60.7 Å². The van der Waals surface area contributed by atoms with Crippen LogP contribution in [0.5, 0.6) is 11.5 Å². The van der Waals surface area contributed by atoms with Crippen LogP contribution in [0.2, 0.25) is 0 Å². The Morgan fingerprint density at radius 2 is 1.12 bits per heavy atom. The van der Waals surface area contributed by atoms with Gasteiger partial charge in [0.2, 0.25) is 6.79 Å². The maximum Gasteiger partial charge on any atom is 0.230 e. The van der Waals surface area contributed by atoms with E-state index in [1.807, 2.05) is 84.9 Å². The maximum absolute atomic E-state index is 9.22. The number of hydrogen-bond acceptors (Lipinski definition) is 4. The fourth-order valence-corrected chi connectivity index (χ4v) is 2.36. The summed E-state index contributed by atoms with van der Waals surface area (Å²) in [5, 5.41) is 9.22. The molecule has 0 aliphatic heterocycles. The van der Waals surface area contributed by atoms with E-state index in [1.165, 1.54) is 0 Å². The topological polar surface area (TPSA) is 47.9 Å². The van der Waals surface area contributed by atoms with Crippen molar-refractivity contribution in [2.45, 2.75) is 6.10 Å². The lowest BCUT2D eigenvalue weighted by molar-refractivity contribution is -0.270. The highest BCUT2D eigenvalue weighted by Gasteiger charge is 2.14. The van der Waals surface area contributed by atoms with E-state index in [2.05, 4.69) is 4.89 Å². The van der Waals surface area contributed by atoms with Crippen LogP contribution in [0.1, 0.15) is 17.2 Å². The second kappa shape index (κ2) is 8.15. The quantitative estimate of drug-likeness (QED) is 0.390. The number of hydrogen-bond donors (Lipinski definition) is 1. The summed E-state index contributed by atoms with van der Waals surface area (Å²) in [6.45, 7) is 0.127. The average Bonchev–Trinajstić information content (AvgIpc) is 2.65. The molecule has 1 unspecified atom stereocenters. The van der Waals surface area contributed by atoms with Crippen LogP contribution in [-0.4, -0.2) is 12.1 Å². The van der Waals surface area contributed by atoms with Crippen molar-refractivity contribution < 1.29 is 19.6 Å². The molecule has 1 N–H and O–H groups in total. The van der Waals surface area contributed by atoms with Gasteiger partial charge in [0.15, 0.2) is 0 Å². The van der Waals surface area contributed by atoms with Crippen LogP contribution >= 0.6 is 0 Å². The van der Waals surface area contributed by atoms with Crippen molar-refractivity contribution in [2.24, 2.45) is 0 Å². The molecule has 0 saturated carbocycles. The molecule has 0 aromatic heterocycles. The molecule has 24 heavy (non-hydrogen) atoms. The van der Waals surface area contributed by atoms with Gasteiger partial charge in [0, 0.05) is 0 Å². The van der Waals surface area contributed by atoms with Crippen LogP contribution < -0.4 is 9.47 Å². The Morgan fingerprint density at radius 3 is 1.71 bits per heavy atom. The molecule has 0 aliphatic rings. The van der Waals surface area contributed by atoms with E-state index in [0.717, 1.165) is 16.9 Å². The zero-order valence-electron chi connectivity index (χ0n) is 13.0. The van der Waals surface area contributed by atoms with Gasteiger partial charge >= 0.3 is 0 Å². The first-order valence-electron chi connectivity index (χ1n) is 7.62. The lowest BCUT2D eigenvalue weighted by atomic mass is 10.0.